The molecule has 0 aliphatic carbocycles. The summed E-state index contributed by atoms with van der Waals surface area (Å²) in [5, 5.41) is 11.1. The van der Waals surface area contributed by atoms with Crippen LogP contribution in [0.15, 0.2) is 48.0 Å². The van der Waals surface area contributed by atoms with Gasteiger partial charge in [0.25, 0.3) is 11.7 Å². The molecule has 1 atom stereocenters. The van der Waals surface area contributed by atoms with Gasteiger partial charge in [-0.1, -0.05) is 35.9 Å². The smallest absolute Gasteiger partial charge is 0.295 e. The van der Waals surface area contributed by atoms with E-state index >= 15 is 0 Å². The average Bonchev–Trinajstić information content (AvgIpc) is 2.94. The minimum Gasteiger partial charge on any atom is -0.507 e. The molecule has 1 saturated heterocycles. The molecule has 1 N–H and O–H groups in total. The molecule has 0 bridgehead atoms. The predicted molar refractivity (Wildman–Crippen MR) is 114 cm³/mol. The summed E-state index contributed by atoms with van der Waals surface area (Å²) in [4.78, 5) is 29.2. The summed E-state index contributed by atoms with van der Waals surface area (Å²) >= 11 is 0. The Balaban J connectivity index is 2.16. The van der Waals surface area contributed by atoms with Crippen molar-refractivity contribution in [1.29, 1.82) is 0 Å². The molecule has 1 fully saturated rings. The van der Waals surface area contributed by atoms with Gasteiger partial charge in [-0.15, -0.1) is 0 Å². The van der Waals surface area contributed by atoms with Crippen LogP contribution in [0, 0.1) is 19.7 Å². The lowest BCUT2D eigenvalue weighted by Gasteiger charge is -2.26. The van der Waals surface area contributed by atoms with E-state index in [0.717, 1.165) is 11.1 Å². The minimum atomic E-state index is -0.965. The van der Waals surface area contributed by atoms with Gasteiger partial charge in [0.1, 0.15) is 11.6 Å². The largest absolute Gasteiger partial charge is 0.507 e. The van der Waals surface area contributed by atoms with Crippen LogP contribution in [0.2, 0.25) is 0 Å². The number of aryl methyl sites for hydroxylation is 2. The Bertz CT molecular complexity index is 1010. The fourth-order valence-electron chi connectivity index (χ4n) is 3.82. The van der Waals surface area contributed by atoms with Crippen LogP contribution in [0.3, 0.4) is 0 Å². The highest BCUT2D eigenvalue weighted by atomic mass is 19.1. The summed E-state index contributed by atoms with van der Waals surface area (Å²) in [6.45, 7) is 4.69. The molecule has 1 heterocycles. The third-order valence-corrected chi connectivity index (χ3v) is 5.39. The zero-order valence-electron chi connectivity index (χ0n) is 17.8. The maximum atomic E-state index is 14.7. The lowest BCUT2D eigenvalue weighted by Crippen LogP contribution is -2.32. The van der Waals surface area contributed by atoms with E-state index in [0.29, 0.717) is 18.5 Å². The molecule has 2 aromatic rings. The van der Waals surface area contributed by atoms with E-state index in [-0.39, 0.29) is 23.4 Å². The van der Waals surface area contributed by atoms with Gasteiger partial charge in [0.15, 0.2) is 0 Å². The van der Waals surface area contributed by atoms with Crippen LogP contribution in [0.5, 0.6) is 0 Å². The molecule has 0 unspecified atom stereocenters. The van der Waals surface area contributed by atoms with Crippen molar-refractivity contribution in [1.82, 2.24) is 9.80 Å². The van der Waals surface area contributed by atoms with E-state index in [1.807, 2.05) is 45.0 Å². The number of halogens is 1. The van der Waals surface area contributed by atoms with Crippen LogP contribution in [0.1, 0.15) is 34.7 Å². The SMILES string of the molecule is Cc1ccc(C)c(C(O)=C2C(=O)C(=O)N(CCCN(C)C)[C@@H]2c2ccccc2F)c1. The molecule has 158 valence electrons. The number of amides is 1. The van der Waals surface area contributed by atoms with Crippen molar-refractivity contribution in [3.05, 3.63) is 76.1 Å². The second-order valence-electron chi connectivity index (χ2n) is 7.99. The third-order valence-electron chi connectivity index (χ3n) is 5.39. The molecule has 2 aromatic carbocycles. The molecule has 1 aliphatic heterocycles. The van der Waals surface area contributed by atoms with Crippen LogP contribution < -0.4 is 0 Å². The minimum absolute atomic E-state index is 0.0661. The number of carbonyl (C=O) groups excluding carboxylic acids is 2. The Hall–Kier alpha value is -2.99. The van der Waals surface area contributed by atoms with Gasteiger partial charge < -0.3 is 14.9 Å². The highest BCUT2D eigenvalue weighted by Gasteiger charge is 2.46. The number of carbonyl (C=O) groups is 2. The second-order valence-corrected chi connectivity index (χ2v) is 7.99. The van der Waals surface area contributed by atoms with E-state index < -0.39 is 23.5 Å². The molecule has 0 radical (unpaired) electrons. The number of nitrogens with zero attached hydrogens (tertiary/aromatic N) is 2. The van der Waals surface area contributed by atoms with Gasteiger partial charge in [0, 0.05) is 17.7 Å². The lowest BCUT2D eigenvalue weighted by atomic mass is 9.93. The molecular weight excluding hydrogens is 383 g/mol. The summed E-state index contributed by atoms with van der Waals surface area (Å²) in [5.74, 6) is -2.29. The summed E-state index contributed by atoms with van der Waals surface area (Å²) in [6, 6.07) is 10.6. The molecule has 30 heavy (non-hydrogen) atoms. The van der Waals surface area contributed by atoms with Crippen LogP contribution in [0.25, 0.3) is 5.76 Å². The first kappa shape index (κ1) is 21.7. The van der Waals surface area contributed by atoms with Gasteiger partial charge in [-0.05, 0) is 58.6 Å². The first-order chi connectivity index (χ1) is 14.2. The van der Waals surface area contributed by atoms with E-state index in [1.165, 1.54) is 11.0 Å². The van der Waals surface area contributed by atoms with Crippen molar-refractivity contribution in [2.24, 2.45) is 0 Å². The van der Waals surface area contributed by atoms with Gasteiger partial charge >= 0.3 is 0 Å². The van der Waals surface area contributed by atoms with Crippen molar-refractivity contribution >= 4 is 17.4 Å². The quantitative estimate of drug-likeness (QED) is 0.447. The van der Waals surface area contributed by atoms with Gasteiger partial charge in [0.2, 0.25) is 0 Å². The number of ketones is 1. The van der Waals surface area contributed by atoms with E-state index in [4.69, 9.17) is 0 Å². The number of hydrogen-bond acceptors (Lipinski definition) is 4. The summed E-state index contributed by atoms with van der Waals surface area (Å²) in [6.07, 6.45) is 0.620. The van der Waals surface area contributed by atoms with Gasteiger partial charge in [0.05, 0.1) is 11.6 Å². The van der Waals surface area contributed by atoms with Crippen molar-refractivity contribution in [3.63, 3.8) is 0 Å². The zero-order valence-corrected chi connectivity index (χ0v) is 17.8. The van der Waals surface area contributed by atoms with Gasteiger partial charge in [-0.3, -0.25) is 9.59 Å². The van der Waals surface area contributed by atoms with E-state index in [2.05, 4.69) is 0 Å². The number of likely N-dealkylation sites (tertiary alicyclic amines) is 1. The Morgan fingerprint density at radius 1 is 1.13 bits per heavy atom. The number of aliphatic hydroxyl groups is 1. The van der Waals surface area contributed by atoms with Crippen molar-refractivity contribution < 1.29 is 19.1 Å². The zero-order chi connectivity index (χ0) is 22.0. The molecule has 5 nitrogen and oxygen atoms in total. The monoisotopic (exact) mass is 410 g/mol. The standard InChI is InChI=1S/C24H27FN2O3/c1-15-10-11-16(2)18(14-15)22(28)20-21(17-8-5-6-9-19(17)25)27(24(30)23(20)29)13-7-12-26(3)4/h5-6,8-11,14,21,28H,7,12-13H2,1-4H3/t21-/m1/s1. The molecular formula is C24H27FN2O3. The molecule has 0 spiro atoms. The third kappa shape index (κ3) is 4.14. The number of hydrogen-bond donors (Lipinski definition) is 1. The van der Waals surface area contributed by atoms with Gasteiger partial charge in [-0.25, -0.2) is 4.39 Å². The molecule has 1 amide bonds. The number of Topliss-reactive ketones (excluding diaryl/α,β-unsaturated/α-hetero) is 1. The Labute approximate surface area is 176 Å². The van der Waals surface area contributed by atoms with Crippen molar-refractivity contribution in [2.45, 2.75) is 26.3 Å². The molecule has 0 aromatic heterocycles. The second kappa shape index (κ2) is 8.79. The number of rotatable bonds is 6. The highest BCUT2D eigenvalue weighted by Crippen LogP contribution is 2.40. The first-order valence-electron chi connectivity index (χ1n) is 9.97. The summed E-state index contributed by atoms with van der Waals surface area (Å²) in [7, 11) is 3.84. The van der Waals surface area contributed by atoms with Crippen LogP contribution >= 0.6 is 0 Å². The van der Waals surface area contributed by atoms with Gasteiger partial charge in [-0.2, -0.15) is 0 Å². The Morgan fingerprint density at radius 3 is 2.50 bits per heavy atom. The fraction of sp³-hybridized carbons (Fsp3) is 0.333. The average molecular weight is 410 g/mol. The summed E-state index contributed by atoms with van der Waals surface area (Å²) < 4.78 is 14.7. The van der Waals surface area contributed by atoms with E-state index in [9.17, 15) is 19.1 Å². The maximum absolute atomic E-state index is 14.7. The molecule has 0 saturated carbocycles. The first-order valence-corrected chi connectivity index (χ1v) is 9.97. The van der Waals surface area contributed by atoms with Crippen LogP contribution in [-0.2, 0) is 9.59 Å². The Morgan fingerprint density at radius 2 is 1.83 bits per heavy atom. The normalized spacial score (nSPS) is 18.5. The maximum Gasteiger partial charge on any atom is 0.295 e. The summed E-state index contributed by atoms with van der Waals surface area (Å²) in [5.41, 5.74) is 2.29. The van der Waals surface area contributed by atoms with E-state index in [1.54, 1.807) is 24.3 Å². The number of aliphatic hydroxyl groups excluding tert-OH is 1. The Kier molecular flexibility index (Phi) is 6.37. The highest BCUT2D eigenvalue weighted by molar-refractivity contribution is 6.46. The molecule has 6 heteroatoms. The fourth-order valence-corrected chi connectivity index (χ4v) is 3.82. The topological polar surface area (TPSA) is 60.9 Å². The number of benzene rings is 2. The molecule has 1 aliphatic rings. The van der Waals surface area contributed by atoms with Crippen LogP contribution in [-0.4, -0.2) is 53.8 Å². The van der Waals surface area contributed by atoms with Crippen molar-refractivity contribution in [3.8, 4) is 0 Å². The van der Waals surface area contributed by atoms with Crippen LogP contribution in [0.4, 0.5) is 4.39 Å². The molecule has 3 rings (SSSR count). The lowest BCUT2D eigenvalue weighted by molar-refractivity contribution is -0.140. The predicted octanol–water partition coefficient (Wildman–Crippen LogP) is 3.82. The van der Waals surface area contributed by atoms with Crippen molar-refractivity contribution in [2.75, 3.05) is 27.2 Å².